The highest BCUT2D eigenvalue weighted by molar-refractivity contribution is 5.97. The van der Waals surface area contributed by atoms with Crippen molar-refractivity contribution in [3.63, 3.8) is 0 Å². The molecule has 0 amide bonds. The van der Waals surface area contributed by atoms with Crippen LogP contribution in [0, 0.1) is 20.8 Å². The van der Waals surface area contributed by atoms with Gasteiger partial charge in [0.15, 0.2) is 5.82 Å². The predicted octanol–water partition coefficient (Wildman–Crippen LogP) is 4.51. The minimum atomic E-state index is -4.32. The van der Waals surface area contributed by atoms with Crippen LogP contribution in [0.1, 0.15) is 28.2 Å². The second-order valence-electron chi connectivity index (χ2n) is 5.81. The number of aromatic nitrogens is 3. The molecule has 0 bridgehead atoms. The third-order valence-electron chi connectivity index (χ3n) is 4.01. The molecule has 0 atom stereocenters. The van der Waals surface area contributed by atoms with Gasteiger partial charge in [-0.1, -0.05) is 12.1 Å². The molecule has 2 N–H and O–H groups in total. The summed E-state index contributed by atoms with van der Waals surface area (Å²) in [6.45, 7) is 6.20. The van der Waals surface area contributed by atoms with Gasteiger partial charge in [-0.05, 0) is 38.5 Å². The number of aryl methyl sites for hydroxylation is 3. The van der Waals surface area contributed by atoms with E-state index in [0.717, 1.165) is 45.6 Å². The number of halogens is 3. The number of aromatic amines is 1. The van der Waals surface area contributed by atoms with Crippen molar-refractivity contribution in [2.24, 2.45) is 0 Å². The first-order chi connectivity index (χ1) is 11.3. The lowest BCUT2D eigenvalue weighted by atomic mass is 10.1. The summed E-state index contributed by atoms with van der Waals surface area (Å²) in [5.41, 5.74) is 2.93. The lowest BCUT2D eigenvalue weighted by molar-refractivity contribution is -0.137. The molecule has 4 nitrogen and oxygen atoms in total. The number of anilines is 1. The maximum atomic E-state index is 12.6. The van der Waals surface area contributed by atoms with Crippen LogP contribution in [0.3, 0.4) is 0 Å². The number of H-pyrrole nitrogens is 1. The lowest BCUT2D eigenvalue weighted by Gasteiger charge is -2.10. The average Bonchev–Trinajstić information content (AvgIpc) is 2.82. The molecule has 3 rings (SSSR count). The van der Waals surface area contributed by atoms with Gasteiger partial charge >= 0.3 is 6.18 Å². The number of nitrogens with one attached hydrogen (secondary N) is 2. The Labute approximate surface area is 137 Å². The SMILES string of the molecule is Cc1nnc(NCc2ccc(C(F)(F)F)cc2)c2c(C)[nH]c(C)c12. The number of hydrogen-bond donors (Lipinski definition) is 2. The number of rotatable bonds is 3. The smallest absolute Gasteiger partial charge is 0.364 e. The summed E-state index contributed by atoms with van der Waals surface area (Å²) in [5, 5.41) is 13.5. The van der Waals surface area contributed by atoms with Crippen molar-refractivity contribution in [2.45, 2.75) is 33.5 Å². The van der Waals surface area contributed by atoms with Gasteiger partial charge in [0.05, 0.1) is 11.3 Å². The fourth-order valence-corrected chi connectivity index (χ4v) is 2.88. The van der Waals surface area contributed by atoms with E-state index in [1.165, 1.54) is 12.1 Å². The highest BCUT2D eigenvalue weighted by Crippen LogP contribution is 2.30. The van der Waals surface area contributed by atoms with Crippen molar-refractivity contribution in [2.75, 3.05) is 5.32 Å². The Bertz CT molecular complexity index is 879. The molecular formula is C17H17F3N4. The normalized spacial score (nSPS) is 11.9. The van der Waals surface area contributed by atoms with E-state index in [0.29, 0.717) is 12.4 Å². The Morgan fingerprint density at radius 2 is 1.58 bits per heavy atom. The van der Waals surface area contributed by atoms with Crippen LogP contribution in [0.5, 0.6) is 0 Å². The Kier molecular flexibility index (Phi) is 3.95. The quantitative estimate of drug-likeness (QED) is 0.741. The average molecular weight is 334 g/mol. The molecule has 0 spiro atoms. The van der Waals surface area contributed by atoms with Gasteiger partial charge in [-0.15, -0.1) is 5.10 Å². The second kappa shape index (κ2) is 5.81. The van der Waals surface area contributed by atoms with Crippen LogP contribution in [-0.4, -0.2) is 15.2 Å². The van der Waals surface area contributed by atoms with Gasteiger partial charge in [-0.25, -0.2) is 0 Å². The summed E-state index contributed by atoms with van der Waals surface area (Å²) in [7, 11) is 0. The van der Waals surface area contributed by atoms with Crippen LogP contribution in [0.2, 0.25) is 0 Å². The third-order valence-corrected chi connectivity index (χ3v) is 4.01. The van der Waals surface area contributed by atoms with Crippen molar-refractivity contribution < 1.29 is 13.2 Å². The molecule has 2 aromatic heterocycles. The van der Waals surface area contributed by atoms with E-state index in [9.17, 15) is 13.2 Å². The highest BCUT2D eigenvalue weighted by atomic mass is 19.4. The van der Waals surface area contributed by atoms with E-state index in [4.69, 9.17) is 0 Å². The lowest BCUT2D eigenvalue weighted by Crippen LogP contribution is -2.07. The molecule has 0 aliphatic carbocycles. The highest BCUT2D eigenvalue weighted by Gasteiger charge is 2.29. The van der Waals surface area contributed by atoms with E-state index < -0.39 is 11.7 Å². The van der Waals surface area contributed by atoms with Gasteiger partial charge in [0.2, 0.25) is 0 Å². The first-order valence-corrected chi connectivity index (χ1v) is 7.49. The second-order valence-corrected chi connectivity index (χ2v) is 5.81. The first kappa shape index (κ1) is 16.3. The molecule has 0 saturated heterocycles. The zero-order valence-corrected chi connectivity index (χ0v) is 13.5. The monoisotopic (exact) mass is 334 g/mol. The minimum absolute atomic E-state index is 0.370. The maximum absolute atomic E-state index is 12.6. The summed E-state index contributed by atoms with van der Waals surface area (Å²) < 4.78 is 37.8. The standard InChI is InChI=1S/C17H17F3N4/c1-9-14-11(3)23-24-16(15(14)10(2)22-9)21-8-12-4-6-13(7-5-12)17(18,19)20/h4-7,22H,8H2,1-3H3,(H,21,24). The molecule has 0 fully saturated rings. The largest absolute Gasteiger partial charge is 0.416 e. The van der Waals surface area contributed by atoms with Crippen LogP contribution in [0.4, 0.5) is 19.0 Å². The van der Waals surface area contributed by atoms with E-state index in [1.807, 2.05) is 20.8 Å². The molecule has 126 valence electrons. The van der Waals surface area contributed by atoms with Gasteiger partial charge in [-0.2, -0.15) is 18.3 Å². The first-order valence-electron chi connectivity index (χ1n) is 7.49. The molecular weight excluding hydrogens is 317 g/mol. The fraction of sp³-hybridized carbons (Fsp3) is 0.294. The number of fused-ring (bicyclic) bond motifs is 1. The van der Waals surface area contributed by atoms with E-state index in [-0.39, 0.29) is 0 Å². The van der Waals surface area contributed by atoms with E-state index in [2.05, 4.69) is 20.5 Å². The van der Waals surface area contributed by atoms with Gasteiger partial charge in [0, 0.05) is 28.7 Å². The third kappa shape index (κ3) is 2.93. The Morgan fingerprint density at radius 3 is 2.21 bits per heavy atom. The summed E-state index contributed by atoms with van der Waals surface area (Å²) in [6, 6.07) is 5.09. The molecule has 2 heterocycles. The number of alkyl halides is 3. The van der Waals surface area contributed by atoms with Crippen LogP contribution in [-0.2, 0) is 12.7 Å². The summed E-state index contributed by atoms with van der Waals surface area (Å²) in [6.07, 6.45) is -4.32. The van der Waals surface area contributed by atoms with Gasteiger partial charge in [0.25, 0.3) is 0 Å². The number of hydrogen-bond acceptors (Lipinski definition) is 3. The maximum Gasteiger partial charge on any atom is 0.416 e. The van der Waals surface area contributed by atoms with Crippen LogP contribution >= 0.6 is 0 Å². The number of nitrogens with zero attached hydrogens (tertiary/aromatic N) is 2. The molecule has 0 aliphatic heterocycles. The predicted molar refractivity (Wildman–Crippen MR) is 86.9 cm³/mol. The molecule has 0 aliphatic rings. The Balaban J connectivity index is 1.85. The van der Waals surface area contributed by atoms with E-state index in [1.54, 1.807) is 0 Å². The molecule has 7 heteroatoms. The fourth-order valence-electron chi connectivity index (χ4n) is 2.88. The van der Waals surface area contributed by atoms with E-state index >= 15 is 0 Å². The van der Waals surface area contributed by atoms with Crippen molar-refractivity contribution in [3.05, 3.63) is 52.5 Å². The minimum Gasteiger partial charge on any atom is -0.364 e. The number of benzene rings is 1. The summed E-state index contributed by atoms with van der Waals surface area (Å²) >= 11 is 0. The molecule has 24 heavy (non-hydrogen) atoms. The van der Waals surface area contributed by atoms with Crippen molar-refractivity contribution >= 4 is 16.6 Å². The van der Waals surface area contributed by atoms with Crippen molar-refractivity contribution in [1.29, 1.82) is 0 Å². The Morgan fingerprint density at radius 1 is 0.958 bits per heavy atom. The van der Waals surface area contributed by atoms with Crippen molar-refractivity contribution in [3.8, 4) is 0 Å². The molecule has 0 saturated carbocycles. The molecule has 0 unspecified atom stereocenters. The van der Waals surface area contributed by atoms with Crippen molar-refractivity contribution in [1.82, 2.24) is 15.2 Å². The van der Waals surface area contributed by atoms with Crippen LogP contribution in [0.15, 0.2) is 24.3 Å². The Hall–Kier alpha value is -2.57. The molecule has 3 aromatic rings. The van der Waals surface area contributed by atoms with Gasteiger partial charge in [0.1, 0.15) is 0 Å². The summed E-state index contributed by atoms with van der Waals surface area (Å²) in [5.74, 6) is 0.623. The molecule has 0 radical (unpaired) electrons. The van der Waals surface area contributed by atoms with Crippen LogP contribution < -0.4 is 5.32 Å². The topological polar surface area (TPSA) is 53.6 Å². The van der Waals surface area contributed by atoms with Gasteiger partial charge < -0.3 is 10.3 Å². The zero-order chi connectivity index (χ0) is 17.5. The zero-order valence-electron chi connectivity index (χ0n) is 13.5. The van der Waals surface area contributed by atoms with Crippen LogP contribution in [0.25, 0.3) is 10.8 Å². The summed E-state index contributed by atoms with van der Waals surface area (Å²) in [4.78, 5) is 3.27. The molecule has 1 aromatic carbocycles. The van der Waals surface area contributed by atoms with Gasteiger partial charge in [-0.3, -0.25) is 0 Å².